The van der Waals surface area contributed by atoms with E-state index in [1.807, 2.05) is 7.05 Å². The fraction of sp³-hybridized carbons (Fsp3) is 0.955. The Kier molecular flexibility index (Phi) is 8.87. The van der Waals surface area contributed by atoms with Crippen LogP contribution in [0, 0.1) is 5.92 Å². The lowest BCUT2D eigenvalue weighted by Gasteiger charge is -2.48. The summed E-state index contributed by atoms with van der Waals surface area (Å²) in [5.41, 5.74) is 0.283. The Bertz CT molecular complexity index is 464. The summed E-state index contributed by atoms with van der Waals surface area (Å²) in [7, 11) is 1.90. The van der Waals surface area contributed by atoms with Gasteiger partial charge in [0.25, 0.3) is 0 Å². The molecule has 0 bridgehead atoms. The molecule has 0 radical (unpaired) electrons. The fourth-order valence-corrected chi connectivity index (χ4v) is 5.29. The van der Waals surface area contributed by atoms with Gasteiger partial charge in [0.05, 0.1) is 13.2 Å². The summed E-state index contributed by atoms with van der Waals surface area (Å²) < 4.78 is 5.61. The van der Waals surface area contributed by atoms with Gasteiger partial charge in [-0.25, -0.2) is 0 Å². The minimum atomic E-state index is 0.283. The predicted octanol–water partition coefficient (Wildman–Crippen LogP) is 2.31. The summed E-state index contributed by atoms with van der Waals surface area (Å²) in [6.45, 7) is 12.0. The lowest BCUT2D eigenvalue weighted by Crippen LogP contribution is -2.60. The van der Waals surface area contributed by atoms with Gasteiger partial charge in [-0.1, -0.05) is 26.2 Å². The molecular formula is C22H43N5O. The molecule has 2 N–H and O–H groups in total. The molecule has 0 amide bonds. The molecule has 0 aromatic carbocycles. The first-order chi connectivity index (χ1) is 13.8. The highest BCUT2D eigenvalue weighted by Crippen LogP contribution is 2.33. The minimum absolute atomic E-state index is 0.283. The van der Waals surface area contributed by atoms with E-state index in [-0.39, 0.29) is 5.54 Å². The van der Waals surface area contributed by atoms with E-state index in [0.717, 1.165) is 51.3 Å². The molecule has 162 valence electrons. The first-order valence-electron chi connectivity index (χ1n) is 11.8. The van der Waals surface area contributed by atoms with Crippen molar-refractivity contribution >= 4 is 5.96 Å². The molecule has 0 aromatic rings. The van der Waals surface area contributed by atoms with Crippen molar-refractivity contribution in [3.63, 3.8) is 0 Å². The smallest absolute Gasteiger partial charge is 0.191 e. The SMILES string of the molecule is CCCN1CCC(CNC(=NC)NCC2(N3CCOCC3)CCCCC2)CC1. The second-order valence-electron chi connectivity index (χ2n) is 8.98. The van der Waals surface area contributed by atoms with E-state index in [1.165, 1.54) is 71.0 Å². The summed E-state index contributed by atoms with van der Waals surface area (Å²) in [5, 5.41) is 7.31. The molecule has 6 heteroatoms. The Morgan fingerprint density at radius 2 is 1.75 bits per heavy atom. The number of nitrogens with zero attached hydrogens (tertiary/aromatic N) is 3. The van der Waals surface area contributed by atoms with Crippen molar-refractivity contribution in [2.24, 2.45) is 10.9 Å². The number of ether oxygens (including phenoxy) is 1. The molecule has 1 saturated carbocycles. The number of likely N-dealkylation sites (tertiary alicyclic amines) is 1. The van der Waals surface area contributed by atoms with Gasteiger partial charge in [0, 0.05) is 38.8 Å². The standard InChI is InChI=1S/C22H43N5O/c1-3-11-26-12-7-20(8-13-26)18-24-21(23-2)25-19-22(9-5-4-6-10-22)27-14-16-28-17-15-27/h20H,3-19H2,1-2H3,(H2,23,24,25). The van der Waals surface area contributed by atoms with Gasteiger partial charge in [-0.3, -0.25) is 9.89 Å². The molecule has 2 heterocycles. The van der Waals surface area contributed by atoms with E-state index in [4.69, 9.17) is 4.74 Å². The highest BCUT2D eigenvalue weighted by molar-refractivity contribution is 5.79. The highest BCUT2D eigenvalue weighted by atomic mass is 16.5. The maximum absolute atomic E-state index is 5.61. The van der Waals surface area contributed by atoms with Crippen molar-refractivity contribution in [1.29, 1.82) is 0 Å². The van der Waals surface area contributed by atoms with Gasteiger partial charge in [-0.2, -0.15) is 0 Å². The van der Waals surface area contributed by atoms with Crippen LogP contribution in [0.25, 0.3) is 0 Å². The van der Waals surface area contributed by atoms with Crippen LogP contribution < -0.4 is 10.6 Å². The van der Waals surface area contributed by atoms with Crippen LogP contribution in [0.5, 0.6) is 0 Å². The van der Waals surface area contributed by atoms with Crippen molar-refractivity contribution in [2.75, 3.05) is 66.1 Å². The van der Waals surface area contributed by atoms with Gasteiger partial charge in [-0.05, 0) is 57.7 Å². The van der Waals surface area contributed by atoms with Crippen LogP contribution in [0.1, 0.15) is 58.3 Å². The number of hydrogen-bond donors (Lipinski definition) is 2. The zero-order valence-electron chi connectivity index (χ0n) is 18.3. The number of aliphatic imine (C=N–C) groups is 1. The first kappa shape index (κ1) is 21.8. The molecule has 6 nitrogen and oxygen atoms in total. The molecule has 0 spiro atoms. The molecule has 0 unspecified atom stereocenters. The molecule has 0 aromatic heterocycles. The summed E-state index contributed by atoms with van der Waals surface area (Å²) in [5.74, 6) is 1.75. The number of morpholine rings is 1. The number of guanidine groups is 1. The molecule has 1 aliphatic carbocycles. The molecule has 3 rings (SSSR count). The van der Waals surface area contributed by atoms with Crippen LogP contribution in [0.15, 0.2) is 4.99 Å². The monoisotopic (exact) mass is 393 g/mol. The van der Waals surface area contributed by atoms with Crippen LogP contribution in [0.3, 0.4) is 0 Å². The second kappa shape index (κ2) is 11.4. The van der Waals surface area contributed by atoms with E-state index in [9.17, 15) is 0 Å². The molecule has 28 heavy (non-hydrogen) atoms. The van der Waals surface area contributed by atoms with Crippen molar-refractivity contribution in [3.05, 3.63) is 0 Å². The van der Waals surface area contributed by atoms with Gasteiger partial charge in [0.2, 0.25) is 0 Å². The Hall–Kier alpha value is -0.850. The summed E-state index contributed by atoms with van der Waals surface area (Å²) in [4.78, 5) is 9.82. The average Bonchev–Trinajstić information content (AvgIpc) is 2.76. The highest BCUT2D eigenvalue weighted by Gasteiger charge is 2.38. The number of hydrogen-bond acceptors (Lipinski definition) is 4. The van der Waals surface area contributed by atoms with Crippen LogP contribution >= 0.6 is 0 Å². The topological polar surface area (TPSA) is 52.1 Å². The lowest BCUT2D eigenvalue weighted by atomic mass is 9.80. The zero-order chi connectivity index (χ0) is 19.7. The van der Waals surface area contributed by atoms with Gasteiger partial charge < -0.3 is 20.3 Å². The first-order valence-corrected chi connectivity index (χ1v) is 11.8. The van der Waals surface area contributed by atoms with Crippen molar-refractivity contribution < 1.29 is 4.74 Å². The summed E-state index contributed by atoms with van der Waals surface area (Å²) in [6.07, 6.45) is 10.6. The zero-order valence-corrected chi connectivity index (χ0v) is 18.3. The Balaban J connectivity index is 1.45. The summed E-state index contributed by atoms with van der Waals surface area (Å²) >= 11 is 0. The fourth-order valence-electron chi connectivity index (χ4n) is 5.29. The third-order valence-electron chi connectivity index (χ3n) is 7.08. The molecule has 2 saturated heterocycles. The molecule has 0 atom stereocenters. The van der Waals surface area contributed by atoms with Gasteiger partial charge >= 0.3 is 0 Å². The third-order valence-corrected chi connectivity index (χ3v) is 7.08. The van der Waals surface area contributed by atoms with E-state index in [2.05, 4.69) is 32.3 Å². The molecule has 2 aliphatic heterocycles. The van der Waals surface area contributed by atoms with Gasteiger partial charge in [0.1, 0.15) is 0 Å². The molecule has 3 fully saturated rings. The lowest BCUT2D eigenvalue weighted by molar-refractivity contribution is -0.0352. The number of rotatable bonds is 7. The van der Waals surface area contributed by atoms with Crippen LogP contribution in [-0.2, 0) is 4.74 Å². The van der Waals surface area contributed by atoms with Crippen LogP contribution in [0.2, 0.25) is 0 Å². The van der Waals surface area contributed by atoms with E-state index < -0.39 is 0 Å². The van der Waals surface area contributed by atoms with Gasteiger partial charge in [0.15, 0.2) is 5.96 Å². The predicted molar refractivity (Wildman–Crippen MR) is 117 cm³/mol. The minimum Gasteiger partial charge on any atom is -0.379 e. The number of piperidine rings is 1. The third kappa shape index (κ3) is 6.07. The Labute approximate surface area is 172 Å². The second-order valence-corrected chi connectivity index (χ2v) is 8.98. The van der Waals surface area contributed by atoms with Crippen molar-refractivity contribution in [3.8, 4) is 0 Å². The van der Waals surface area contributed by atoms with E-state index in [1.54, 1.807) is 0 Å². The quantitative estimate of drug-likeness (QED) is 0.513. The van der Waals surface area contributed by atoms with E-state index in [0.29, 0.717) is 0 Å². The molecular weight excluding hydrogens is 350 g/mol. The molecule has 3 aliphatic rings. The average molecular weight is 394 g/mol. The van der Waals surface area contributed by atoms with Crippen molar-refractivity contribution in [2.45, 2.75) is 63.8 Å². The Morgan fingerprint density at radius 3 is 2.39 bits per heavy atom. The van der Waals surface area contributed by atoms with Crippen LogP contribution in [-0.4, -0.2) is 87.4 Å². The van der Waals surface area contributed by atoms with E-state index >= 15 is 0 Å². The van der Waals surface area contributed by atoms with Crippen molar-refractivity contribution in [1.82, 2.24) is 20.4 Å². The summed E-state index contributed by atoms with van der Waals surface area (Å²) in [6, 6.07) is 0. The number of nitrogens with one attached hydrogen (secondary N) is 2. The normalized spacial score (nSPS) is 25.6. The maximum atomic E-state index is 5.61. The van der Waals surface area contributed by atoms with Crippen LogP contribution in [0.4, 0.5) is 0 Å². The van der Waals surface area contributed by atoms with Gasteiger partial charge in [-0.15, -0.1) is 0 Å². The Morgan fingerprint density at radius 1 is 1.04 bits per heavy atom. The maximum Gasteiger partial charge on any atom is 0.191 e. The largest absolute Gasteiger partial charge is 0.379 e.